The molecular weight excluding hydrogens is 252 g/mol. The lowest BCUT2D eigenvalue weighted by atomic mass is 9.92. The summed E-state index contributed by atoms with van der Waals surface area (Å²) in [6, 6.07) is 10.3. The van der Waals surface area contributed by atoms with Gasteiger partial charge in [0.05, 0.1) is 12.5 Å². The lowest BCUT2D eigenvalue weighted by Crippen LogP contribution is -2.40. The normalized spacial score (nSPS) is 11.7. The number of hydrogen-bond acceptors (Lipinski definition) is 4. The Morgan fingerprint density at radius 1 is 1.30 bits per heavy atom. The average Bonchev–Trinajstić information content (AvgIpc) is 2.44. The molecule has 0 heterocycles. The number of esters is 1. The van der Waals surface area contributed by atoms with E-state index in [-0.39, 0.29) is 5.97 Å². The van der Waals surface area contributed by atoms with Crippen LogP contribution in [0.3, 0.4) is 0 Å². The van der Waals surface area contributed by atoms with Crippen molar-refractivity contribution in [2.45, 2.75) is 26.8 Å². The molecule has 0 fully saturated rings. The van der Waals surface area contributed by atoms with Gasteiger partial charge in [-0.3, -0.25) is 9.69 Å². The Morgan fingerprint density at radius 2 is 1.95 bits per heavy atom. The van der Waals surface area contributed by atoms with Crippen molar-refractivity contribution in [1.29, 1.82) is 0 Å². The van der Waals surface area contributed by atoms with Crippen molar-refractivity contribution < 1.29 is 9.53 Å². The Labute approximate surface area is 121 Å². The van der Waals surface area contributed by atoms with E-state index < -0.39 is 5.41 Å². The fourth-order valence-electron chi connectivity index (χ4n) is 2.27. The topological polar surface area (TPSA) is 55.6 Å². The molecule has 1 aromatic rings. The number of methoxy groups -OCH3 is 1. The Balaban J connectivity index is 2.71. The quantitative estimate of drug-likeness (QED) is 0.739. The SMILES string of the molecule is COC(=O)C(C)(C)CN(CCCN)Cc1ccccc1. The smallest absolute Gasteiger partial charge is 0.312 e. The predicted molar refractivity (Wildman–Crippen MR) is 81.2 cm³/mol. The maximum absolute atomic E-state index is 11.8. The third-order valence-electron chi connectivity index (χ3n) is 3.28. The first-order valence-electron chi connectivity index (χ1n) is 7.04. The second kappa shape index (κ2) is 8.02. The van der Waals surface area contributed by atoms with Crippen LogP contribution in [0.15, 0.2) is 30.3 Å². The molecule has 0 saturated carbocycles. The highest BCUT2D eigenvalue weighted by atomic mass is 16.5. The number of hydrogen-bond donors (Lipinski definition) is 1. The molecule has 0 unspecified atom stereocenters. The zero-order valence-electron chi connectivity index (χ0n) is 12.8. The highest BCUT2D eigenvalue weighted by Crippen LogP contribution is 2.20. The van der Waals surface area contributed by atoms with Crippen molar-refractivity contribution in [3.63, 3.8) is 0 Å². The number of carbonyl (C=O) groups excluding carboxylic acids is 1. The van der Waals surface area contributed by atoms with Crippen molar-refractivity contribution in [3.8, 4) is 0 Å². The van der Waals surface area contributed by atoms with Crippen LogP contribution in [0, 0.1) is 5.41 Å². The van der Waals surface area contributed by atoms with E-state index in [4.69, 9.17) is 10.5 Å². The van der Waals surface area contributed by atoms with Gasteiger partial charge in [-0.2, -0.15) is 0 Å². The molecule has 2 N–H and O–H groups in total. The summed E-state index contributed by atoms with van der Waals surface area (Å²) < 4.78 is 4.88. The van der Waals surface area contributed by atoms with Crippen LogP contribution in [0.2, 0.25) is 0 Å². The zero-order valence-corrected chi connectivity index (χ0v) is 12.8. The van der Waals surface area contributed by atoms with Gasteiger partial charge in [0, 0.05) is 13.1 Å². The summed E-state index contributed by atoms with van der Waals surface area (Å²) in [5.74, 6) is -0.177. The zero-order chi connectivity index (χ0) is 15.0. The summed E-state index contributed by atoms with van der Waals surface area (Å²) in [5.41, 5.74) is 6.33. The number of nitrogens with two attached hydrogens (primary N) is 1. The third kappa shape index (κ3) is 5.31. The van der Waals surface area contributed by atoms with Crippen LogP contribution in [0.4, 0.5) is 0 Å². The molecule has 20 heavy (non-hydrogen) atoms. The maximum atomic E-state index is 11.8. The number of benzene rings is 1. The van der Waals surface area contributed by atoms with Crippen LogP contribution in [0.25, 0.3) is 0 Å². The Hall–Kier alpha value is -1.39. The fourth-order valence-corrected chi connectivity index (χ4v) is 2.27. The molecule has 0 radical (unpaired) electrons. The van der Waals surface area contributed by atoms with E-state index in [1.165, 1.54) is 12.7 Å². The minimum atomic E-state index is -0.516. The van der Waals surface area contributed by atoms with Gasteiger partial charge >= 0.3 is 5.97 Å². The first kappa shape index (κ1) is 16.7. The molecule has 0 aliphatic carbocycles. The van der Waals surface area contributed by atoms with Gasteiger partial charge in [-0.1, -0.05) is 30.3 Å². The van der Waals surface area contributed by atoms with Crippen LogP contribution >= 0.6 is 0 Å². The number of nitrogens with zero attached hydrogens (tertiary/aromatic N) is 1. The summed E-state index contributed by atoms with van der Waals surface area (Å²) in [6.07, 6.45) is 0.921. The van der Waals surface area contributed by atoms with Gasteiger partial charge < -0.3 is 10.5 Å². The Bertz CT molecular complexity index is 404. The lowest BCUT2D eigenvalue weighted by molar-refractivity contribution is -0.151. The van der Waals surface area contributed by atoms with Crippen LogP contribution in [0.1, 0.15) is 25.8 Å². The standard InChI is InChI=1S/C16H26N2O2/c1-16(2,15(19)20-3)13-18(11-7-10-17)12-14-8-5-4-6-9-14/h4-6,8-9H,7,10-13,17H2,1-3H3. The maximum Gasteiger partial charge on any atom is 0.312 e. The molecule has 1 aromatic carbocycles. The summed E-state index contributed by atoms with van der Waals surface area (Å²) in [6.45, 7) is 6.85. The van der Waals surface area contributed by atoms with E-state index >= 15 is 0 Å². The van der Waals surface area contributed by atoms with Gasteiger partial charge in [-0.25, -0.2) is 0 Å². The molecule has 0 bridgehead atoms. The molecular formula is C16H26N2O2. The van der Waals surface area contributed by atoms with Gasteiger partial charge in [0.1, 0.15) is 0 Å². The highest BCUT2D eigenvalue weighted by Gasteiger charge is 2.30. The largest absolute Gasteiger partial charge is 0.469 e. The lowest BCUT2D eigenvalue weighted by Gasteiger charge is -2.30. The molecule has 1 rings (SSSR count). The van der Waals surface area contributed by atoms with Crippen molar-refractivity contribution in [2.24, 2.45) is 11.1 Å². The average molecular weight is 278 g/mol. The molecule has 0 aliphatic heterocycles. The molecule has 0 saturated heterocycles. The van der Waals surface area contributed by atoms with Crippen LogP contribution in [0.5, 0.6) is 0 Å². The summed E-state index contributed by atoms with van der Waals surface area (Å²) in [4.78, 5) is 14.1. The summed E-state index contributed by atoms with van der Waals surface area (Å²) in [5, 5.41) is 0. The second-order valence-electron chi connectivity index (χ2n) is 5.71. The Morgan fingerprint density at radius 3 is 2.50 bits per heavy atom. The molecule has 0 atom stereocenters. The summed E-state index contributed by atoms with van der Waals surface area (Å²) >= 11 is 0. The van der Waals surface area contributed by atoms with Gasteiger partial charge in [0.2, 0.25) is 0 Å². The van der Waals surface area contributed by atoms with Gasteiger partial charge in [-0.05, 0) is 38.9 Å². The molecule has 0 aliphatic rings. The fraction of sp³-hybridized carbons (Fsp3) is 0.562. The minimum Gasteiger partial charge on any atom is -0.469 e. The molecule has 112 valence electrons. The van der Waals surface area contributed by atoms with Gasteiger partial charge in [0.25, 0.3) is 0 Å². The van der Waals surface area contributed by atoms with Crippen molar-refractivity contribution in [3.05, 3.63) is 35.9 Å². The Kier molecular flexibility index (Phi) is 6.68. The summed E-state index contributed by atoms with van der Waals surface area (Å²) in [7, 11) is 1.44. The monoisotopic (exact) mass is 278 g/mol. The second-order valence-corrected chi connectivity index (χ2v) is 5.71. The molecule has 0 amide bonds. The van der Waals surface area contributed by atoms with Crippen LogP contribution in [-0.4, -0.2) is 37.6 Å². The van der Waals surface area contributed by atoms with E-state index in [0.717, 1.165) is 19.5 Å². The number of carbonyl (C=O) groups is 1. The van der Waals surface area contributed by atoms with Crippen LogP contribution < -0.4 is 5.73 Å². The first-order chi connectivity index (χ1) is 9.49. The number of ether oxygens (including phenoxy) is 1. The van der Waals surface area contributed by atoms with E-state index in [9.17, 15) is 4.79 Å². The highest BCUT2D eigenvalue weighted by molar-refractivity contribution is 5.76. The number of rotatable bonds is 8. The van der Waals surface area contributed by atoms with Crippen molar-refractivity contribution >= 4 is 5.97 Å². The minimum absolute atomic E-state index is 0.177. The predicted octanol–water partition coefficient (Wildman–Crippen LogP) is 2.04. The third-order valence-corrected chi connectivity index (χ3v) is 3.28. The first-order valence-corrected chi connectivity index (χ1v) is 7.04. The van der Waals surface area contributed by atoms with E-state index in [1.807, 2.05) is 32.0 Å². The van der Waals surface area contributed by atoms with Crippen LogP contribution in [-0.2, 0) is 16.1 Å². The van der Waals surface area contributed by atoms with E-state index in [0.29, 0.717) is 13.1 Å². The molecule has 4 heteroatoms. The van der Waals surface area contributed by atoms with Crippen molar-refractivity contribution in [1.82, 2.24) is 4.90 Å². The van der Waals surface area contributed by atoms with Crippen molar-refractivity contribution in [2.75, 3.05) is 26.7 Å². The van der Waals surface area contributed by atoms with Gasteiger partial charge in [-0.15, -0.1) is 0 Å². The molecule has 0 aromatic heterocycles. The van der Waals surface area contributed by atoms with E-state index in [1.54, 1.807) is 0 Å². The molecule has 4 nitrogen and oxygen atoms in total. The van der Waals surface area contributed by atoms with Gasteiger partial charge in [0.15, 0.2) is 0 Å². The molecule has 0 spiro atoms. The van der Waals surface area contributed by atoms with E-state index in [2.05, 4.69) is 17.0 Å².